The molecule has 2 nitrogen and oxygen atoms in total. The third-order valence-electron chi connectivity index (χ3n) is 4.88. The number of hydrogen-bond acceptors (Lipinski definition) is 2. The minimum atomic E-state index is 0.542. The number of benzene rings is 1. The highest BCUT2D eigenvalue weighted by Crippen LogP contribution is 2.37. The normalized spacial score (nSPS) is 18.4. The molecule has 1 aliphatic heterocycles. The first kappa shape index (κ1) is 14.1. The first-order valence-corrected chi connectivity index (χ1v) is 7.34. The van der Waals surface area contributed by atoms with E-state index in [9.17, 15) is 0 Å². The highest BCUT2D eigenvalue weighted by molar-refractivity contribution is 5.37. The number of nitriles is 1. The summed E-state index contributed by atoms with van der Waals surface area (Å²) in [4.78, 5) is 2.57. The average Bonchev–Trinajstić information content (AvgIpc) is 2.85. The Morgan fingerprint density at radius 1 is 1.32 bits per heavy atom. The van der Waals surface area contributed by atoms with Crippen molar-refractivity contribution in [3.63, 3.8) is 0 Å². The maximum Gasteiger partial charge on any atom is 0.0991 e. The van der Waals surface area contributed by atoms with Crippen LogP contribution in [0.15, 0.2) is 18.2 Å². The molecule has 0 N–H and O–H groups in total. The Balaban J connectivity index is 2.05. The molecule has 19 heavy (non-hydrogen) atoms. The van der Waals surface area contributed by atoms with E-state index in [4.69, 9.17) is 5.26 Å². The monoisotopic (exact) mass is 256 g/mol. The van der Waals surface area contributed by atoms with E-state index >= 15 is 0 Å². The van der Waals surface area contributed by atoms with Crippen molar-refractivity contribution in [2.45, 2.75) is 46.6 Å². The number of aryl methyl sites for hydroxylation is 1. The lowest BCUT2D eigenvalue weighted by atomic mass is 9.82. The maximum atomic E-state index is 8.91. The van der Waals surface area contributed by atoms with E-state index in [1.54, 1.807) is 0 Å². The highest BCUT2D eigenvalue weighted by Gasteiger charge is 2.34. The Labute approximate surface area is 117 Å². The van der Waals surface area contributed by atoms with E-state index in [1.165, 1.54) is 43.5 Å². The van der Waals surface area contributed by atoms with E-state index in [2.05, 4.69) is 37.8 Å². The van der Waals surface area contributed by atoms with Crippen molar-refractivity contribution >= 4 is 0 Å². The zero-order valence-electron chi connectivity index (χ0n) is 12.4. The van der Waals surface area contributed by atoms with Gasteiger partial charge in [0.2, 0.25) is 0 Å². The summed E-state index contributed by atoms with van der Waals surface area (Å²) in [5, 5.41) is 8.91. The predicted octanol–water partition coefficient (Wildman–Crippen LogP) is 3.88. The largest absolute Gasteiger partial charge is 0.299 e. The molecule has 2 heteroatoms. The van der Waals surface area contributed by atoms with E-state index < -0.39 is 0 Å². The van der Waals surface area contributed by atoms with Gasteiger partial charge >= 0.3 is 0 Å². The zero-order valence-corrected chi connectivity index (χ0v) is 12.4. The fourth-order valence-corrected chi connectivity index (χ4v) is 3.17. The lowest BCUT2D eigenvalue weighted by Gasteiger charge is -2.26. The fraction of sp³-hybridized carbons (Fsp3) is 0.588. The minimum Gasteiger partial charge on any atom is -0.299 e. The van der Waals surface area contributed by atoms with Gasteiger partial charge in [-0.05, 0) is 61.4 Å². The van der Waals surface area contributed by atoms with Gasteiger partial charge in [0.1, 0.15) is 0 Å². The van der Waals surface area contributed by atoms with Crippen molar-refractivity contribution in [1.29, 1.82) is 5.26 Å². The van der Waals surface area contributed by atoms with Crippen LogP contribution < -0.4 is 0 Å². The number of hydrogen-bond donors (Lipinski definition) is 0. The van der Waals surface area contributed by atoms with Gasteiger partial charge in [0.25, 0.3) is 0 Å². The summed E-state index contributed by atoms with van der Waals surface area (Å²) in [5.74, 6) is 0. The summed E-state index contributed by atoms with van der Waals surface area (Å²) in [6.45, 7) is 10.2. The molecule has 1 aliphatic rings. The number of likely N-dealkylation sites (tertiary alicyclic amines) is 1. The number of rotatable bonds is 4. The Morgan fingerprint density at radius 3 is 2.58 bits per heavy atom. The van der Waals surface area contributed by atoms with Crippen LogP contribution in [0.5, 0.6) is 0 Å². The summed E-state index contributed by atoms with van der Waals surface area (Å²) < 4.78 is 0. The molecule has 0 unspecified atom stereocenters. The van der Waals surface area contributed by atoms with Crippen molar-refractivity contribution in [2.24, 2.45) is 5.41 Å². The van der Waals surface area contributed by atoms with Crippen LogP contribution in [0, 0.1) is 23.7 Å². The lowest BCUT2D eigenvalue weighted by molar-refractivity contribution is 0.236. The Kier molecular flexibility index (Phi) is 4.27. The number of nitrogens with zero attached hydrogens (tertiary/aromatic N) is 2. The van der Waals surface area contributed by atoms with Crippen molar-refractivity contribution < 1.29 is 0 Å². The van der Waals surface area contributed by atoms with Gasteiger partial charge in [-0.3, -0.25) is 4.90 Å². The standard InChI is InChI=1S/C17H24N2/c1-4-17(5-2)8-9-19(13-17)12-16-7-6-15(11-18)10-14(16)3/h6-7,10H,4-5,8-9,12-13H2,1-3H3. The molecule has 0 spiro atoms. The van der Waals surface area contributed by atoms with Crippen LogP contribution in [0.25, 0.3) is 0 Å². The first-order valence-electron chi connectivity index (χ1n) is 7.34. The van der Waals surface area contributed by atoms with Gasteiger partial charge in [0.15, 0.2) is 0 Å². The van der Waals surface area contributed by atoms with Crippen LogP contribution >= 0.6 is 0 Å². The molecule has 1 fully saturated rings. The quantitative estimate of drug-likeness (QED) is 0.817. The van der Waals surface area contributed by atoms with Crippen molar-refractivity contribution in [1.82, 2.24) is 4.90 Å². The van der Waals surface area contributed by atoms with Gasteiger partial charge in [-0.1, -0.05) is 19.9 Å². The minimum absolute atomic E-state index is 0.542. The summed E-state index contributed by atoms with van der Waals surface area (Å²) in [5.41, 5.74) is 3.91. The van der Waals surface area contributed by atoms with E-state index in [0.29, 0.717) is 5.41 Å². The molecule has 1 aromatic carbocycles. The molecule has 0 atom stereocenters. The summed E-state index contributed by atoms with van der Waals surface area (Å²) in [6, 6.07) is 8.26. The lowest BCUT2D eigenvalue weighted by Crippen LogP contribution is -2.26. The van der Waals surface area contributed by atoms with Gasteiger partial charge in [0, 0.05) is 13.1 Å². The van der Waals surface area contributed by atoms with Crippen LogP contribution in [0.1, 0.15) is 49.8 Å². The smallest absolute Gasteiger partial charge is 0.0991 e. The molecular formula is C17H24N2. The molecule has 0 amide bonds. The summed E-state index contributed by atoms with van der Waals surface area (Å²) in [6.07, 6.45) is 3.90. The molecule has 0 saturated carbocycles. The van der Waals surface area contributed by atoms with Crippen molar-refractivity contribution in [2.75, 3.05) is 13.1 Å². The molecule has 0 radical (unpaired) electrons. The maximum absolute atomic E-state index is 8.91. The molecule has 0 bridgehead atoms. The van der Waals surface area contributed by atoms with Crippen molar-refractivity contribution in [3.05, 3.63) is 34.9 Å². The molecule has 1 aromatic rings. The second-order valence-corrected chi connectivity index (χ2v) is 5.92. The van der Waals surface area contributed by atoms with Crippen LogP contribution in [-0.2, 0) is 6.54 Å². The van der Waals surface area contributed by atoms with Gasteiger partial charge in [0.05, 0.1) is 11.6 Å². The first-order chi connectivity index (χ1) is 9.12. The Morgan fingerprint density at radius 2 is 2.05 bits per heavy atom. The van der Waals surface area contributed by atoms with Gasteiger partial charge in [-0.2, -0.15) is 5.26 Å². The SMILES string of the molecule is CCC1(CC)CCN(Cc2ccc(C#N)cc2C)C1. The highest BCUT2D eigenvalue weighted by atomic mass is 15.2. The summed E-state index contributed by atoms with van der Waals surface area (Å²) in [7, 11) is 0. The van der Waals surface area contributed by atoms with E-state index in [1.807, 2.05) is 12.1 Å². The molecule has 0 aromatic heterocycles. The Hall–Kier alpha value is -1.33. The average molecular weight is 256 g/mol. The van der Waals surface area contributed by atoms with Crippen molar-refractivity contribution in [3.8, 4) is 6.07 Å². The topological polar surface area (TPSA) is 27.0 Å². The summed E-state index contributed by atoms with van der Waals surface area (Å²) >= 11 is 0. The molecule has 2 rings (SSSR count). The van der Waals surface area contributed by atoms with Crippen LogP contribution in [0.4, 0.5) is 0 Å². The van der Waals surface area contributed by atoms with Gasteiger partial charge in [-0.15, -0.1) is 0 Å². The molecule has 1 heterocycles. The van der Waals surface area contributed by atoms with Gasteiger partial charge < -0.3 is 0 Å². The predicted molar refractivity (Wildman–Crippen MR) is 78.8 cm³/mol. The second kappa shape index (κ2) is 5.75. The molecule has 1 saturated heterocycles. The molecular weight excluding hydrogens is 232 g/mol. The van der Waals surface area contributed by atoms with E-state index in [0.717, 1.165) is 12.1 Å². The molecule has 0 aliphatic carbocycles. The second-order valence-electron chi connectivity index (χ2n) is 5.92. The Bertz CT molecular complexity index is 481. The van der Waals surface area contributed by atoms with Crippen LogP contribution in [0.3, 0.4) is 0 Å². The third kappa shape index (κ3) is 2.98. The van der Waals surface area contributed by atoms with E-state index in [-0.39, 0.29) is 0 Å². The fourth-order valence-electron chi connectivity index (χ4n) is 3.17. The van der Waals surface area contributed by atoms with Crippen LogP contribution in [-0.4, -0.2) is 18.0 Å². The molecule has 102 valence electrons. The van der Waals surface area contributed by atoms with Crippen LogP contribution in [0.2, 0.25) is 0 Å². The zero-order chi connectivity index (χ0) is 13.9. The third-order valence-corrected chi connectivity index (χ3v) is 4.88. The van der Waals surface area contributed by atoms with Gasteiger partial charge in [-0.25, -0.2) is 0 Å².